The minimum Gasteiger partial charge on any atom is -0.475 e. The van der Waals surface area contributed by atoms with Gasteiger partial charge >= 0.3 is 0 Å². The topological polar surface area (TPSA) is 64.3 Å². The van der Waals surface area contributed by atoms with Crippen LogP contribution in [0.4, 0.5) is 5.95 Å². The van der Waals surface area contributed by atoms with Gasteiger partial charge in [-0.25, -0.2) is 4.98 Å². The molecule has 2 heterocycles. The molecular weight excluding hydrogens is 252 g/mol. The van der Waals surface area contributed by atoms with Gasteiger partial charge in [-0.1, -0.05) is 6.92 Å². The Morgan fingerprint density at radius 1 is 1.35 bits per heavy atom. The van der Waals surface area contributed by atoms with Crippen LogP contribution in [0.25, 0.3) is 0 Å². The summed E-state index contributed by atoms with van der Waals surface area (Å²) in [7, 11) is 0. The van der Waals surface area contributed by atoms with Gasteiger partial charge in [0.05, 0.1) is 6.10 Å². The number of nitrogens with two attached hydrogens (primary N) is 1. The molecule has 0 atom stereocenters. The number of hydrogen-bond acceptors (Lipinski definition) is 5. The molecule has 1 fully saturated rings. The molecule has 5 nitrogen and oxygen atoms in total. The third-order valence-electron chi connectivity index (χ3n) is 3.92. The maximum atomic E-state index is 5.85. The van der Waals surface area contributed by atoms with Gasteiger partial charge in [-0.05, 0) is 45.6 Å². The maximum absolute atomic E-state index is 5.85. The van der Waals surface area contributed by atoms with Crippen molar-refractivity contribution in [1.82, 2.24) is 9.97 Å². The Labute approximate surface area is 121 Å². The van der Waals surface area contributed by atoms with Gasteiger partial charge in [0.2, 0.25) is 11.8 Å². The number of rotatable bonds is 4. The summed E-state index contributed by atoms with van der Waals surface area (Å²) < 4.78 is 5.69. The second-order valence-electron chi connectivity index (χ2n) is 6.32. The van der Waals surface area contributed by atoms with E-state index < -0.39 is 0 Å². The van der Waals surface area contributed by atoms with E-state index in [0.717, 1.165) is 44.1 Å². The molecule has 0 aromatic carbocycles. The first-order valence-corrected chi connectivity index (χ1v) is 7.39. The fraction of sp³-hybridized carbons (Fsp3) is 0.733. The summed E-state index contributed by atoms with van der Waals surface area (Å²) in [6, 6.07) is 1.89. The lowest BCUT2D eigenvalue weighted by molar-refractivity contribution is 0.231. The largest absolute Gasteiger partial charge is 0.475 e. The molecule has 1 aromatic heterocycles. The molecular formula is C15H26N4O. The van der Waals surface area contributed by atoms with Crippen LogP contribution in [0, 0.1) is 12.3 Å². The summed E-state index contributed by atoms with van der Waals surface area (Å²) in [6.45, 7) is 10.9. The monoisotopic (exact) mass is 278 g/mol. The molecule has 0 aliphatic carbocycles. The van der Waals surface area contributed by atoms with Crippen LogP contribution in [0.5, 0.6) is 5.88 Å². The Bertz CT molecular complexity index is 453. The summed E-state index contributed by atoms with van der Waals surface area (Å²) in [5.41, 5.74) is 7.06. The quantitative estimate of drug-likeness (QED) is 0.914. The number of ether oxygens (including phenoxy) is 1. The van der Waals surface area contributed by atoms with Gasteiger partial charge in [0.15, 0.2) is 0 Å². The van der Waals surface area contributed by atoms with Crippen molar-refractivity contribution in [1.29, 1.82) is 0 Å². The molecule has 1 aliphatic heterocycles. The van der Waals surface area contributed by atoms with Crippen molar-refractivity contribution in [3.05, 3.63) is 11.8 Å². The van der Waals surface area contributed by atoms with Crippen molar-refractivity contribution in [3.63, 3.8) is 0 Å². The Morgan fingerprint density at radius 3 is 2.55 bits per heavy atom. The maximum Gasteiger partial charge on any atom is 0.228 e. The lowest BCUT2D eigenvalue weighted by Gasteiger charge is -2.38. The van der Waals surface area contributed by atoms with E-state index in [-0.39, 0.29) is 11.5 Å². The average Bonchev–Trinajstić information content (AvgIpc) is 2.38. The van der Waals surface area contributed by atoms with Crippen LogP contribution in [-0.2, 0) is 0 Å². The lowest BCUT2D eigenvalue weighted by Crippen LogP contribution is -2.43. The number of piperidine rings is 1. The fourth-order valence-electron chi connectivity index (χ4n) is 2.42. The van der Waals surface area contributed by atoms with E-state index in [1.165, 1.54) is 0 Å². The molecule has 5 heteroatoms. The van der Waals surface area contributed by atoms with E-state index in [2.05, 4.69) is 21.8 Å². The van der Waals surface area contributed by atoms with Gasteiger partial charge in [0.25, 0.3) is 0 Å². The van der Waals surface area contributed by atoms with Crippen molar-refractivity contribution in [2.75, 3.05) is 24.5 Å². The van der Waals surface area contributed by atoms with Gasteiger partial charge in [0, 0.05) is 24.8 Å². The highest BCUT2D eigenvalue weighted by atomic mass is 16.5. The summed E-state index contributed by atoms with van der Waals surface area (Å²) in [6.07, 6.45) is 2.29. The average molecular weight is 278 g/mol. The first-order valence-electron chi connectivity index (χ1n) is 7.39. The zero-order valence-electron chi connectivity index (χ0n) is 13.0. The highest BCUT2D eigenvalue weighted by Crippen LogP contribution is 2.31. The second kappa shape index (κ2) is 5.95. The molecule has 0 radical (unpaired) electrons. The zero-order valence-corrected chi connectivity index (χ0v) is 13.0. The van der Waals surface area contributed by atoms with Crippen LogP contribution < -0.4 is 15.4 Å². The Hall–Kier alpha value is -1.36. The summed E-state index contributed by atoms with van der Waals surface area (Å²) in [5.74, 6) is 1.44. The van der Waals surface area contributed by atoms with Crippen LogP contribution in [-0.4, -0.2) is 35.7 Å². The van der Waals surface area contributed by atoms with E-state index in [0.29, 0.717) is 5.88 Å². The van der Waals surface area contributed by atoms with Gasteiger partial charge in [-0.15, -0.1) is 0 Å². The number of anilines is 1. The molecule has 0 bridgehead atoms. The number of nitrogens with zero attached hydrogens (tertiary/aromatic N) is 3. The molecule has 0 unspecified atom stereocenters. The van der Waals surface area contributed by atoms with Crippen molar-refractivity contribution in [2.24, 2.45) is 11.1 Å². The van der Waals surface area contributed by atoms with Crippen LogP contribution >= 0.6 is 0 Å². The van der Waals surface area contributed by atoms with Crippen LogP contribution in [0.1, 0.15) is 39.3 Å². The zero-order chi connectivity index (χ0) is 14.8. The molecule has 20 heavy (non-hydrogen) atoms. The van der Waals surface area contributed by atoms with Gasteiger partial charge < -0.3 is 15.4 Å². The van der Waals surface area contributed by atoms with Crippen molar-refractivity contribution in [3.8, 4) is 5.88 Å². The number of hydrogen-bond donors (Lipinski definition) is 1. The van der Waals surface area contributed by atoms with Crippen LogP contribution in [0.2, 0.25) is 0 Å². The number of aromatic nitrogens is 2. The van der Waals surface area contributed by atoms with E-state index in [4.69, 9.17) is 10.5 Å². The standard InChI is InChI=1S/C15H26N4O/c1-11(2)20-13-9-12(3)17-14(18-13)19-7-5-15(4,10-16)6-8-19/h9,11H,5-8,10,16H2,1-4H3. The third-order valence-corrected chi connectivity index (χ3v) is 3.92. The molecule has 1 aliphatic rings. The van der Waals surface area contributed by atoms with E-state index in [1.807, 2.05) is 26.8 Å². The van der Waals surface area contributed by atoms with Crippen LogP contribution in [0.3, 0.4) is 0 Å². The second-order valence-corrected chi connectivity index (χ2v) is 6.32. The van der Waals surface area contributed by atoms with E-state index in [1.54, 1.807) is 0 Å². The summed E-state index contributed by atoms with van der Waals surface area (Å²) in [4.78, 5) is 11.3. The highest BCUT2D eigenvalue weighted by molar-refractivity contribution is 5.35. The van der Waals surface area contributed by atoms with Gasteiger partial charge in [-0.3, -0.25) is 0 Å². The van der Waals surface area contributed by atoms with E-state index >= 15 is 0 Å². The van der Waals surface area contributed by atoms with Crippen molar-refractivity contribution in [2.45, 2.75) is 46.6 Å². The van der Waals surface area contributed by atoms with E-state index in [9.17, 15) is 0 Å². The van der Waals surface area contributed by atoms with Crippen LogP contribution in [0.15, 0.2) is 6.07 Å². The lowest BCUT2D eigenvalue weighted by atomic mass is 9.81. The summed E-state index contributed by atoms with van der Waals surface area (Å²) in [5, 5.41) is 0. The first kappa shape index (κ1) is 15.0. The Kier molecular flexibility index (Phi) is 4.48. The molecule has 1 saturated heterocycles. The minimum absolute atomic E-state index is 0.124. The molecule has 112 valence electrons. The minimum atomic E-state index is 0.124. The van der Waals surface area contributed by atoms with Gasteiger partial charge in [0.1, 0.15) is 0 Å². The first-order chi connectivity index (χ1) is 9.42. The van der Waals surface area contributed by atoms with Crippen molar-refractivity contribution >= 4 is 5.95 Å². The predicted octanol–water partition coefficient (Wildman–Crippen LogP) is 2.14. The van der Waals surface area contributed by atoms with Crippen molar-refractivity contribution < 1.29 is 4.74 Å². The summed E-state index contributed by atoms with van der Waals surface area (Å²) >= 11 is 0. The molecule has 2 rings (SSSR count). The Morgan fingerprint density at radius 2 is 2.00 bits per heavy atom. The fourth-order valence-corrected chi connectivity index (χ4v) is 2.42. The predicted molar refractivity (Wildman–Crippen MR) is 81.1 cm³/mol. The molecule has 0 saturated carbocycles. The number of aryl methyl sites for hydroxylation is 1. The SMILES string of the molecule is Cc1cc(OC(C)C)nc(N2CCC(C)(CN)CC2)n1. The van der Waals surface area contributed by atoms with Gasteiger partial charge in [-0.2, -0.15) is 4.98 Å². The Balaban J connectivity index is 2.11. The molecule has 1 aromatic rings. The smallest absolute Gasteiger partial charge is 0.228 e. The normalized spacial score (nSPS) is 18.4. The highest BCUT2D eigenvalue weighted by Gasteiger charge is 2.29. The molecule has 0 amide bonds. The third kappa shape index (κ3) is 3.60. The molecule has 2 N–H and O–H groups in total. The molecule has 0 spiro atoms.